The van der Waals surface area contributed by atoms with Crippen LogP contribution in [-0.2, 0) is 19.3 Å². The van der Waals surface area contributed by atoms with Gasteiger partial charge in [-0.2, -0.15) is 18.2 Å². The van der Waals surface area contributed by atoms with Gasteiger partial charge in [0.05, 0.1) is 23.2 Å². The first kappa shape index (κ1) is 22.7. The Morgan fingerprint density at radius 1 is 1.29 bits per heavy atom. The molecule has 1 aromatic heterocycles. The van der Waals surface area contributed by atoms with E-state index in [0.717, 1.165) is 16.7 Å². The van der Waals surface area contributed by atoms with Gasteiger partial charge in [0.1, 0.15) is 0 Å². The molecule has 0 saturated carbocycles. The zero-order chi connectivity index (χ0) is 22.8. The second-order valence-electron chi connectivity index (χ2n) is 7.29. The van der Waals surface area contributed by atoms with E-state index in [4.69, 9.17) is 11.6 Å². The first-order chi connectivity index (χ1) is 14.6. The number of halogens is 4. The third-order valence-electron chi connectivity index (χ3n) is 4.62. The Labute approximate surface area is 180 Å². The SMILES string of the molecule is CC(C)n1c(=O)nc(NCc2cccc(C(F)(F)F)c2)n(CC2C=CC(Cl)=CN2)c1=O. The second kappa shape index (κ2) is 9.01. The lowest BCUT2D eigenvalue weighted by Gasteiger charge is -2.22. The lowest BCUT2D eigenvalue weighted by atomic mass is 10.1. The van der Waals surface area contributed by atoms with Crippen molar-refractivity contribution < 1.29 is 13.2 Å². The van der Waals surface area contributed by atoms with Gasteiger partial charge in [0.15, 0.2) is 0 Å². The topological polar surface area (TPSA) is 81.0 Å². The van der Waals surface area contributed by atoms with Crippen molar-refractivity contribution in [2.75, 3.05) is 5.32 Å². The number of dihydropyridines is 1. The summed E-state index contributed by atoms with van der Waals surface area (Å²) >= 11 is 5.89. The van der Waals surface area contributed by atoms with Crippen molar-refractivity contribution in [2.24, 2.45) is 0 Å². The highest BCUT2D eigenvalue weighted by atomic mass is 35.5. The van der Waals surface area contributed by atoms with Gasteiger partial charge in [-0.15, -0.1) is 0 Å². The van der Waals surface area contributed by atoms with Gasteiger partial charge in [-0.05, 0) is 37.6 Å². The number of alkyl halides is 3. The van der Waals surface area contributed by atoms with Crippen molar-refractivity contribution in [1.29, 1.82) is 0 Å². The molecule has 2 heterocycles. The van der Waals surface area contributed by atoms with E-state index in [0.29, 0.717) is 10.6 Å². The molecule has 0 saturated heterocycles. The summed E-state index contributed by atoms with van der Waals surface area (Å²) in [5, 5.41) is 6.35. The lowest BCUT2D eigenvalue weighted by Crippen LogP contribution is -2.46. The Morgan fingerprint density at radius 3 is 2.65 bits per heavy atom. The highest BCUT2D eigenvalue weighted by Gasteiger charge is 2.30. The minimum absolute atomic E-state index is 0.0276. The maximum absolute atomic E-state index is 13.0. The molecule has 0 spiro atoms. The predicted molar refractivity (Wildman–Crippen MR) is 112 cm³/mol. The molecule has 1 atom stereocenters. The molecule has 7 nitrogen and oxygen atoms in total. The number of hydrogen-bond donors (Lipinski definition) is 2. The van der Waals surface area contributed by atoms with E-state index >= 15 is 0 Å². The summed E-state index contributed by atoms with van der Waals surface area (Å²) in [5.41, 5.74) is -1.77. The first-order valence-electron chi connectivity index (χ1n) is 9.49. The van der Waals surface area contributed by atoms with Gasteiger partial charge in [-0.3, -0.25) is 4.57 Å². The Morgan fingerprint density at radius 2 is 2.03 bits per heavy atom. The van der Waals surface area contributed by atoms with Crippen LogP contribution in [0.4, 0.5) is 19.1 Å². The molecule has 1 aromatic carbocycles. The van der Waals surface area contributed by atoms with E-state index in [-0.39, 0.29) is 25.1 Å². The summed E-state index contributed by atoms with van der Waals surface area (Å²) in [6.07, 6.45) is 0.548. The fraction of sp³-hybridized carbons (Fsp3) is 0.350. The second-order valence-corrected chi connectivity index (χ2v) is 7.72. The molecule has 0 aliphatic carbocycles. The first-order valence-corrected chi connectivity index (χ1v) is 9.87. The maximum atomic E-state index is 13.0. The molecule has 166 valence electrons. The molecule has 3 rings (SSSR count). The summed E-state index contributed by atoms with van der Waals surface area (Å²) < 4.78 is 41.2. The molecule has 1 aliphatic rings. The van der Waals surface area contributed by atoms with Crippen molar-refractivity contribution in [3.05, 3.63) is 79.7 Å². The summed E-state index contributed by atoms with van der Waals surface area (Å²) in [7, 11) is 0. The van der Waals surface area contributed by atoms with Crippen LogP contribution < -0.4 is 22.0 Å². The monoisotopic (exact) mass is 455 g/mol. The number of anilines is 1. The van der Waals surface area contributed by atoms with Crippen LogP contribution in [0.25, 0.3) is 0 Å². The molecular weight excluding hydrogens is 435 g/mol. The van der Waals surface area contributed by atoms with Crippen molar-refractivity contribution >= 4 is 17.5 Å². The molecule has 2 aromatic rings. The van der Waals surface area contributed by atoms with Crippen LogP contribution in [0, 0.1) is 0 Å². The quantitative estimate of drug-likeness (QED) is 0.699. The van der Waals surface area contributed by atoms with E-state index in [1.165, 1.54) is 16.7 Å². The van der Waals surface area contributed by atoms with Crippen LogP contribution in [0.15, 0.2) is 57.2 Å². The lowest BCUT2D eigenvalue weighted by molar-refractivity contribution is -0.137. The smallest absolute Gasteiger partial charge is 0.382 e. The Bertz CT molecular complexity index is 1130. The number of nitrogens with zero attached hydrogens (tertiary/aromatic N) is 3. The van der Waals surface area contributed by atoms with E-state index in [9.17, 15) is 22.8 Å². The van der Waals surface area contributed by atoms with E-state index < -0.39 is 29.2 Å². The largest absolute Gasteiger partial charge is 0.416 e. The van der Waals surface area contributed by atoms with Crippen molar-refractivity contribution in [3.63, 3.8) is 0 Å². The van der Waals surface area contributed by atoms with Gasteiger partial charge in [-0.1, -0.05) is 29.8 Å². The van der Waals surface area contributed by atoms with Crippen LogP contribution in [0.2, 0.25) is 0 Å². The van der Waals surface area contributed by atoms with Gasteiger partial charge in [0, 0.05) is 18.8 Å². The molecule has 0 fully saturated rings. The molecular formula is C20H21ClF3N5O2. The van der Waals surface area contributed by atoms with Crippen LogP contribution in [-0.4, -0.2) is 20.2 Å². The fourth-order valence-corrected chi connectivity index (χ4v) is 3.23. The number of benzene rings is 1. The molecule has 0 amide bonds. The number of hydrogen-bond acceptors (Lipinski definition) is 5. The molecule has 31 heavy (non-hydrogen) atoms. The van der Waals surface area contributed by atoms with Crippen molar-refractivity contribution in [1.82, 2.24) is 19.4 Å². The van der Waals surface area contributed by atoms with Gasteiger partial charge in [0.2, 0.25) is 5.95 Å². The number of rotatable bonds is 6. The molecule has 11 heteroatoms. The third kappa shape index (κ3) is 5.38. The van der Waals surface area contributed by atoms with Crippen LogP contribution in [0.5, 0.6) is 0 Å². The minimum Gasteiger partial charge on any atom is -0.382 e. The van der Waals surface area contributed by atoms with Gasteiger partial charge < -0.3 is 10.6 Å². The molecule has 0 bridgehead atoms. The zero-order valence-electron chi connectivity index (χ0n) is 16.8. The van der Waals surface area contributed by atoms with Crippen molar-refractivity contribution in [2.45, 2.75) is 45.2 Å². The summed E-state index contributed by atoms with van der Waals surface area (Å²) in [6, 6.07) is 4.07. The zero-order valence-corrected chi connectivity index (χ0v) is 17.5. The van der Waals surface area contributed by atoms with E-state index in [2.05, 4.69) is 15.6 Å². The fourth-order valence-electron chi connectivity index (χ4n) is 3.10. The average molecular weight is 456 g/mol. The Kier molecular flexibility index (Phi) is 6.59. The Hall–Kier alpha value is -3.01. The number of allylic oxidation sites excluding steroid dienone is 2. The van der Waals surface area contributed by atoms with Crippen molar-refractivity contribution in [3.8, 4) is 0 Å². The predicted octanol–water partition coefficient (Wildman–Crippen LogP) is 3.23. The molecule has 1 unspecified atom stereocenters. The molecule has 2 N–H and O–H groups in total. The normalized spacial score (nSPS) is 16.2. The standard InChI is InChI=1S/C20H21ClF3N5O2/c1-12(2)29-18(30)27-17(26-9-13-4-3-5-14(8-13)20(22,23)24)28(19(29)31)11-16-7-6-15(21)10-25-16/h3-8,10,12,16,25H,9,11H2,1-2H3,(H,26,27,30). The van der Waals surface area contributed by atoms with Gasteiger partial charge >= 0.3 is 17.6 Å². The number of aromatic nitrogens is 3. The van der Waals surface area contributed by atoms with Gasteiger partial charge in [0.25, 0.3) is 0 Å². The summed E-state index contributed by atoms with van der Waals surface area (Å²) in [4.78, 5) is 29.3. The van der Waals surface area contributed by atoms with E-state index in [1.807, 2.05) is 0 Å². The Balaban J connectivity index is 1.93. The molecule has 1 aliphatic heterocycles. The van der Waals surface area contributed by atoms with Gasteiger partial charge in [-0.25, -0.2) is 14.2 Å². The van der Waals surface area contributed by atoms with Crippen LogP contribution >= 0.6 is 11.6 Å². The third-order valence-corrected chi connectivity index (χ3v) is 4.86. The minimum atomic E-state index is -4.47. The molecule has 0 radical (unpaired) electrons. The van der Waals surface area contributed by atoms with Crippen LogP contribution in [0.3, 0.4) is 0 Å². The van der Waals surface area contributed by atoms with Crippen LogP contribution in [0.1, 0.15) is 31.0 Å². The average Bonchev–Trinajstić information content (AvgIpc) is 2.69. The summed E-state index contributed by atoms with van der Waals surface area (Å²) in [5.74, 6) is -0.0276. The number of nitrogens with one attached hydrogen (secondary N) is 2. The highest BCUT2D eigenvalue weighted by molar-refractivity contribution is 6.31. The highest BCUT2D eigenvalue weighted by Crippen LogP contribution is 2.29. The summed E-state index contributed by atoms with van der Waals surface area (Å²) in [6.45, 7) is 3.44. The van der Waals surface area contributed by atoms with E-state index in [1.54, 1.807) is 32.2 Å². The maximum Gasteiger partial charge on any atom is 0.416 e.